The highest BCUT2D eigenvalue weighted by Gasteiger charge is 2.42. The van der Waals surface area contributed by atoms with E-state index >= 15 is 0 Å². The van der Waals surface area contributed by atoms with Crippen LogP contribution in [0.3, 0.4) is 0 Å². The van der Waals surface area contributed by atoms with Crippen LogP contribution in [0.1, 0.15) is 58.8 Å². The molecule has 2 rings (SSSR count). The van der Waals surface area contributed by atoms with Gasteiger partial charge in [-0.3, -0.25) is 0 Å². The maximum absolute atomic E-state index is 6.24. The highest BCUT2D eigenvalue weighted by atomic mass is 16.5. The molecule has 1 saturated heterocycles. The van der Waals surface area contributed by atoms with Crippen molar-refractivity contribution in [3.05, 3.63) is 0 Å². The first-order valence-electron chi connectivity index (χ1n) is 8.46. The zero-order valence-corrected chi connectivity index (χ0v) is 13.8. The van der Waals surface area contributed by atoms with Gasteiger partial charge in [-0.1, -0.05) is 33.1 Å². The van der Waals surface area contributed by atoms with Crippen molar-refractivity contribution in [2.75, 3.05) is 20.8 Å². The normalized spacial score (nSPS) is 29.6. The molecule has 0 bridgehead atoms. The number of likely N-dealkylation sites (N-methyl/N-ethyl adjacent to an activating group) is 1. The number of hydrogen-bond donors (Lipinski definition) is 1. The van der Waals surface area contributed by atoms with E-state index in [0.717, 1.165) is 6.61 Å². The van der Waals surface area contributed by atoms with Gasteiger partial charge in [-0.2, -0.15) is 0 Å². The smallest absolute Gasteiger partial charge is 0.0749 e. The summed E-state index contributed by atoms with van der Waals surface area (Å²) in [5.41, 5.74) is 0.186. The predicted molar refractivity (Wildman–Crippen MR) is 83.0 cm³/mol. The summed E-state index contributed by atoms with van der Waals surface area (Å²) in [6.07, 6.45) is 9.27. The largest absolute Gasteiger partial charge is 0.380 e. The molecule has 1 N–H and O–H groups in total. The molecule has 0 aromatic carbocycles. The molecular formula is C17H33NO2. The fourth-order valence-corrected chi connectivity index (χ4v) is 4.42. The number of nitrogens with one attached hydrogen (secondary N) is 1. The topological polar surface area (TPSA) is 30.5 Å². The van der Waals surface area contributed by atoms with Gasteiger partial charge in [-0.05, 0) is 44.6 Å². The van der Waals surface area contributed by atoms with Crippen molar-refractivity contribution in [2.24, 2.45) is 11.8 Å². The molecule has 3 nitrogen and oxygen atoms in total. The summed E-state index contributed by atoms with van der Waals surface area (Å²) in [5.74, 6) is 1.22. The fraction of sp³-hybridized carbons (Fsp3) is 1.00. The van der Waals surface area contributed by atoms with Crippen LogP contribution in [0.2, 0.25) is 0 Å². The van der Waals surface area contributed by atoms with Gasteiger partial charge >= 0.3 is 0 Å². The number of ether oxygens (including phenoxy) is 2. The van der Waals surface area contributed by atoms with Crippen LogP contribution in [0.15, 0.2) is 0 Å². The van der Waals surface area contributed by atoms with Crippen LogP contribution in [0.4, 0.5) is 0 Å². The maximum Gasteiger partial charge on any atom is 0.0749 e. The van der Waals surface area contributed by atoms with Gasteiger partial charge in [0.15, 0.2) is 0 Å². The first-order chi connectivity index (χ1) is 9.62. The molecule has 20 heavy (non-hydrogen) atoms. The molecule has 3 unspecified atom stereocenters. The van der Waals surface area contributed by atoms with Gasteiger partial charge in [0.2, 0.25) is 0 Å². The van der Waals surface area contributed by atoms with Crippen LogP contribution >= 0.6 is 0 Å². The molecule has 3 atom stereocenters. The lowest BCUT2D eigenvalue weighted by atomic mass is 9.72. The van der Waals surface area contributed by atoms with E-state index in [4.69, 9.17) is 9.47 Å². The zero-order valence-electron chi connectivity index (χ0n) is 13.8. The SMILES string of the molecule is CNC(C1CCOC2(CCCCC2)C1)C(OC)C(C)C. The van der Waals surface area contributed by atoms with E-state index in [1.807, 2.05) is 7.11 Å². The minimum Gasteiger partial charge on any atom is -0.380 e. The van der Waals surface area contributed by atoms with Crippen LogP contribution in [-0.4, -0.2) is 38.5 Å². The molecule has 0 aromatic heterocycles. The molecule has 1 heterocycles. The van der Waals surface area contributed by atoms with Crippen LogP contribution in [0, 0.1) is 11.8 Å². The Balaban J connectivity index is 2.05. The third-order valence-electron chi connectivity index (χ3n) is 5.42. The average Bonchev–Trinajstić information content (AvgIpc) is 2.45. The van der Waals surface area contributed by atoms with E-state index < -0.39 is 0 Å². The quantitative estimate of drug-likeness (QED) is 0.839. The van der Waals surface area contributed by atoms with E-state index in [9.17, 15) is 0 Å². The van der Waals surface area contributed by atoms with Crippen molar-refractivity contribution < 1.29 is 9.47 Å². The minimum absolute atomic E-state index is 0.186. The Labute approximate surface area is 124 Å². The molecule has 1 aliphatic carbocycles. The van der Waals surface area contributed by atoms with E-state index in [2.05, 4.69) is 26.2 Å². The monoisotopic (exact) mass is 283 g/mol. The van der Waals surface area contributed by atoms with Crippen LogP contribution in [0.5, 0.6) is 0 Å². The summed E-state index contributed by atoms with van der Waals surface area (Å²) in [6.45, 7) is 5.44. The van der Waals surface area contributed by atoms with Crippen molar-refractivity contribution in [2.45, 2.75) is 76.5 Å². The lowest BCUT2D eigenvalue weighted by Gasteiger charge is -2.47. The third kappa shape index (κ3) is 3.55. The second-order valence-corrected chi connectivity index (χ2v) is 7.10. The fourth-order valence-electron chi connectivity index (χ4n) is 4.42. The van der Waals surface area contributed by atoms with E-state index in [1.165, 1.54) is 44.9 Å². The van der Waals surface area contributed by atoms with Crippen molar-refractivity contribution in [1.29, 1.82) is 0 Å². The van der Waals surface area contributed by atoms with Gasteiger partial charge in [0.1, 0.15) is 0 Å². The second kappa shape index (κ2) is 7.24. The molecule has 0 aromatic rings. The van der Waals surface area contributed by atoms with Gasteiger partial charge in [-0.25, -0.2) is 0 Å². The Bertz CT molecular complexity index is 281. The Hall–Kier alpha value is -0.120. The molecule has 2 fully saturated rings. The van der Waals surface area contributed by atoms with Gasteiger partial charge in [0, 0.05) is 19.8 Å². The Morgan fingerprint density at radius 3 is 2.45 bits per heavy atom. The van der Waals surface area contributed by atoms with Crippen molar-refractivity contribution in [3.63, 3.8) is 0 Å². The van der Waals surface area contributed by atoms with Crippen molar-refractivity contribution in [1.82, 2.24) is 5.32 Å². The Morgan fingerprint density at radius 2 is 1.90 bits per heavy atom. The number of rotatable bonds is 5. The standard InChI is InChI=1S/C17H33NO2/c1-13(2)16(19-4)15(18-3)14-8-11-20-17(12-14)9-6-5-7-10-17/h13-16,18H,5-12H2,1-4H3. The molecule has 1 saturated carbocycles. The zero-order chi connectivity index (χ0) is 14.6. The molecule has 0 radical (unpaired) electrons. The van der Waals surface area contributed by atoms with Gasteiger partial charge in [0.25, 0.3) is 0 Å². The number of methoxy groups -OCH3 is 1. The maximum atomic E-state index is 6.24. The summed E-state index contributed by atoms with van der Waals surface area (Å²) >= 11 is 0. The molecule has 0 amide bonds. The summed E-state index contributed by atoms with van der Waals surface area (Å²) in [5, 5.41) is 3.55. The molecular weight excluding hydrogens is 250 g/mol. The molecule has 1 spiro atoms. The Morgan fingerprint density at radius 1 is 1.20 bits per heavy atom. The van der Waals surface area contributed by atoms with Gasteiger partial charge in [0.05, 0.1) is 11.7 Å². The highest BCUT2D eigenvalue weighted by molar-refractivity contribution is 4.95. The average molecular weight is 283 g/mol. The number of hydrogen-bond acceptors (Lipinski definition) is 3. The lowest BCUT2D eigenvalue weighted by molar-refractivity contribution is -0.130. The molecule has 118 valence electrons. The first kappa shape index (κ1) is 16.3. The summed E-state index contributed by atoms with van der Waals surface area (Å²) < 4.78 is 12.0. The van der Waals surface area contributed by atoms with E-state index in [0.29, 0.717) is 24.0 Å². The van der Waals surface area contributed by atoms with Crippen molar-refractivity contribution >= 4 is 0 Å². The van der Waals surface area contributed by atoms with Crippen LogP contribution in [-0.2, 0) is 9.47 Å². The van der Waals surface area contributed by atoms with Gasteiger partial charge < -0.3 is 14.8 Å². The third-order valence-corrected chi connectivity index (χ3v) is 5.42. The molecule has 3 heteroatoms. The first-order valence-corrected chi connectivity index (χ1v) is 8.46. The van der Waals surface area contributed by atoms with E-state index in [-0.39, 0.29) is 5.60 Å². The summed E-state index contributed by atoms with van der Waals surface area (Å²) in [7, 11) is 3.94. The van der Waals surface area contributed by atoms with E-state index in [1.54, 1.807) is 0 Å². The lowest BCUT2D eigenvalue weighted by Crippen LogP contribution is -2.52. The highest BCUT2D eigenvalue weighted by Crippen LogP contribution is 2.42. The predicted octanol–water partition coefficient (Wildman–Crippen LogP) is 3.37. The van der Waals surface area contributed by atoms with Gasteiger partial charge in [-0.15, -0.1) is 0 Å². The van der Waals surface area contributed by atoms with Crippen LogP contribution < -0.4 is 5.32 Å². The van der Waals surface area contributed by atoms with Crippen LogP contribution in [0.25, 0.3) is 0 Å². The molecule has 1 aliphatic heterocycles. The summed E-state index contributed by atoms with van der Waals surface area (Å²) in [4.78, 5) is 0. The Kier molecular flexibility index (Phi) is 5.88. The molecule has 2 aliphatic rings. The minimum atomic E-state index is 0.186. The van der Waals surface area contributed by atoms with Crippen molar-refractivity contribution in [3.8, 4) is 0 Å². The summed E-state index contributed by atoms with van der Waals surface area (Å²) in [6, 6.07) is 0.447. The second-order valence-electron chi connectivity index (χ2n) is 7.10.